The van der Waals surface area contributed by atoms with Gasteiger partial charge >= 0.3 is 6.18 Å². The van der Waals surface area contributed by atoms with Crippen molar-refractivity contribution >= 4 is 0 Å². The molecule has 0 saturated heterocycles. The van der Waals surface area contributed by atoms with Crippen molar-refractivity contribution in [1.82, 2.24) is 9.80 Å². The van der Waals surface area contributed by atoms with Gasteiger partial charge in [-0.15, -0.1) is 0 Å². The van der Waals surface area contributed by atoms with Crippen LogP contribution in [0.5, 0.6) is 0 Å². The summed E-state index contributed by atoms with van der Waals surface area (Å²) in [5.74, 6) is 0. The van der Waals surface area contributed by atoms with E-state index in [4.69, 9.17) is 5.73 Å². The molecule has 0 aliphatic heterocycles. The Morgan fingerprint density at radius 2 is 1.60 bits per heavy atom. The SMILES string of the molecule is CN(C)CCN(C)C(CN)c1ccc(C(F)(F)F)cc1. The van der Waals surface area contributed by atoms with Crippen molar-refractivity contribution in [1.29, 1.82) is 0 Å². The average Bonchev–Trinajstić information content (AvgIpc) is 2.37. The van der Waals surface area contributed by atoms with E-state index in [9.17, 15) is 13.2 Å². The molecule has 0 saturated carbocycles. The van der Waals surface area contributed by atoms with Crippen LogP contribution in [0.2, 0.25) is 0 Å². The van der Waals surface area contributed by atoms with Gasteiger partial charge in [-0.1, -0.05) is 12.1 Å². The zero-order valence-corrected chi connectivity index (χ0v) is 12.1. The van der Waals surface area contributed by atoms with E-state index in [2.05, 4.69) is 9.80 Å². The number of alkyl halides is 3. The van der Waals surface area contributed by atoms with Crippen LogP contribution < -0.4 is 5.73 Å². The molecule has 0 heterocycles. The third kappa shape index (κ3) is 4.77. The van der Waals surface area contributed by atoms with Gasteiger partial charge in [0.25, 0.3) is 0 Å². The number of likely N-dealkylation sites (N-methyl/N-ethyl adjacent to an activating group) is 2. The van der Waals surface area contributed by atoms with E-state index in [0.29, 0.717) is 6.54 Å². The summed E-state index contributed by atoms with van der Waals surface area (Å²) < 4.78 is 37.6. The molecule has 1 aromatic carbocycles. The monoisotopic (exact) mass is 289 g/mol. The minimum Gasteiger partial charge on any atom is -0.329 e. The third-order valence-corrected chi connectivity index (χ3v) is 3.28. The van der Waals surface area contributed by atoms with Gasteiger partial charge in [0.1, 0.15) is 0 Å². The smallest absolute Gasteiger partial charge is 0.329 e. The van der Waals surface area contributed by atoms with E-state index in [1.807, 2.05) is 21.1 Å². The van der Waals surface area contributed by atoms with Crippen LogP contribution in [0, 0.1) is 0 Å². The van der Waals surface area contributed by atoms with Crippen molar-refractivity contribution in [3.63, 3.8) is 0 Å². The summed E-state index contributed by atoms with van der Waals surface area (Å²) in [6.07, 6.45) is -4.30. The fourth-order valence-electron chi connectivity index (χ4n) is 1.98. The third-order valence-electron chi connectivity index (χ3n) is 3.28. The highest BCUT2D eigenvalue weighted by atomic mass is 19.4. The molecule has 20 heavy (non-hydrogen) atoms. The Morgan fingerprint density at radius 3 is 2.00 bits per heavy atom. The van der Waals surface area contributed by atoms with Gasteiger partial charge in [-0.05, 0) is 38.8 Å². The summed E-state index contributed by atoms with van der Waals surface area (Å²) in [6.45, 7) is 2.04. The van der Waals surface area contributed by atoms with E-state index < -0.39 is 11.7 Å². The molecule has 0 amide bonds. The van der Waals surface area contributed by atoms with Gasteiger partial charge in [0.05, 0.1) is 5.56 Å². The lowest BCUT2D eigenvalue weighted by Crippen LogP contribution is -2.35. The van der Waals surface area contributed by atoms with Crippen LogP contribution in [-0.4, -0.2) is 50.6 Å². The minimum absolute atomic E-state index is 0.0720. The molecule has 2 N–H and O–H groups in total. The van der Waals surface area contributed by atoms with Crippen LogP contribution in [0.15, 0.2) is 24.3 Å². The second-order valence-corrected chi connectivity index (χ2v) is 5.16. The van der Waals surface area contributed by atoms with Crippen LogP contribution in [-0.2, 0) is 6.18 Å². The van der Waals surface area contributed by atoms with Crippen LogP contribution in [0.1, 0.15) is 17.2 Å². The lowest BCUT2D eigenvalue weighted by atomic mass is 10.0. The molecule has 0 fully saturated rings. The number of rotatable bonds is 6. The van der Waals surface area contributed by atoms with Crippen LogP contribution in [0.4, 0.5) is 13.2 Å². The highest BCUT2D eigenvalue weighted by Crippen LogP contribution is 2.30. The molecule has 1 aromatic rings. The molecule has 0 bridgehead atoms. The fourth-order valence-corrected chi connectivity index (χ4v) is 1.98. The standard InChI is InChI=1S/C14H22F3N3/c1-19(2)8-9-20(3)13(10-18)11-4-6-12(7-5-11)14(15,16)17/h4-7,13H,8-10,18H2,1-3H3. The minimum atomic E-state index is -4.30. The van der Waals surface area contributed by atoms with E-state index in [0.717, 1.165) is 30.8 Å². The number of hydrogen-bond acceptors (Lipinski definition) is 3. The van der Waals surface area contributed by atoms with Crippen LogP contribution in [0.3, 0.4) is 0 Å². The van der Waals surface area contributed by atoms with Gasteiger partial charge in [-0.3, -0.25) is 4.90 Å². The van der Waals surface area contributed by atoms with Crippen LogP contribution >= 0.6 is 0 Å². The normalized spacial score (nSPS) is 14.1. The Kier molecular flexibility index (Phi) is 5.98. The molecule has 1 atom stereocenters. The topological polar surface area (TPSA) is 32.5 Å². The lowest BCUT2D eigenvalue weighted by molar-refractivity contribution is -0.137. The predicted octanol–water partition coefficient (Wildman–Crippen LogP) is 2.20. The first-order chi connectivity index (χ1) is 9.25. The van der Waals surface area contributed by atoms with Gasteiger partial charge in [0, 0.05) is 25.7 Å². The Bertz CT molecular complexity index is 401. The zero-order valence-electron chi connectivity index (χ0n) is 12.1. The van der Waals surface area contributed by atoms with Crippen molar-refractivity contribution in [3.8, 4) is 0 Å². The van der Waals surface area contributed by atoms with Gasteiger partial charge < -0.3 is 10.6 Å². The second kappa shape index (κ2) is 7.06. The molecule has 0 aliphatic carbocycles. The number of benzene rings is 1. The van der Waals surface area contributed by atoms with Crippen LogP contribution in [0.25, 0.3) is 0 Å². The first-order valence-electron chi connectivity index (χ1n) is 6.48. The van der Waals surface area contributed by atoms with E-state index in [-0.39, 0.29) is 6.04 Å². The Balaban J connectivity index is 2.79. The van der Waals surface area contributed by atoms with Gasteiger partial charge in [0.2, 0.25) is 0 Å². The summed E-state index contributed by atoms with van der Waals surface area (Å²) in [6, 6.07) is 5.16. The maximum Gasteiger partial charge on any atom is 0.416 e. The average molecular weight is 289 g/mol. The number of nitrogens with two attached hydrogens (primary N) is 1. The zero-order chi connectivity index (χ0) is 15.3. The van der Waals surface area contributed by atoms with E-state index in [1.165, 1.54) is 12.1 Å². The Labute approximate surface area is 118 Å². The molecule has 0 radical (unpaired) electrons. The molecule has 1 unspecified atom stereocenters. The first-order valence-corrected chi connectivity index (χ1v) is 6.48. The Hall–Kier alpha value is -1.11. The molecule has 0 aliphatic rings. The predicted molar refractivity (Wildman–Crippen MR) is 74.4 cm³/mol. The van der Waals surface area contributed by atoms with Crippen molar-refractivity contribution in [3.05, 3.63) is 35.4 Å². The number of halogens is 3. The van der Waals surface area contributed by atoms with Crippen molar-refractivity contribution < 1.29 is 13.2 Å². The van der Waals surface area contributed by atoms with Crippen molar-refractivity contribution in [2.75, 3.05) is 40.8 Å². The highest BCUT2D eigenvalue weighted by molar-refractivity contribution is 5.27. The second-order valence-electron chi connectivity index (χ2n) is 5.16. The summed E-state index contributed by atoms with van der Waals surface area (Å²) in [5.41, 5.74) is 5.93. The number of nitrogens with zero attached hydrogens (tertiary/aromatic N) is 2. The highest BCUT2D eigenvalue weighted by Gasteiger charge is 2.30. The summed E-state index contributed by atoms with van der Waals surface area (Å²) in [5, 5.41) is 0. The molecule has 0 spiro atoms. The maximum absolute atomic E-state index is 12.5. The van der Waals surface area contributed by atoms with Gasteiger partial charge in [-0.2, -0.15) is 13.2 Å². The summed E-state index contributed by atoms with van der Waals surface area (Å²) in [7, 11) is 5.88. The molecule has 6 heteroatoms. The largest absolute Gasteiger partial charge is 0.416 e. The Morgan fingerprint density at radius 1 is 1.05 bits per heavy atom. The molecule has 1 rings (SSSR count). The van der Waals surface area contributed by atoms with Crippen molar-refractivity contribution in [2.24, 2.45) is 5.73 Å². The van der Waals surface area contributed by atoms with Crippen molar-refractivity contribution in [2.45, 2.75) is 12.2 Å². The summed E-state index contributed by atoms with van der Waals surface area (Å²) >= 11 is 0. The molecular formula is C14H22F3N3. The number of hydrogen-bond donors (Lipinski definition) is 1. The molecular weight excluding hydrogens is 267 g/mol. The molecule has 114 valence electrons. The van der Waals surface area contributed by atoms with E-state index >= 15 is 0 Å². The first kappa shape index (κ1) is 16.9. The van der Waals surface area contributed by atoms with Gasteiger partial charge in [0.15, 0.2) is 0 Å². The molecule has 0 aromatic heterocycles. The van der Waals surface area contributed by atoms with Gasteiger partial charge in [-0.25, -0.2) is 0 Å². The maximum atomic E-state index is 12.5. The molecule has 3 nitrogen and oxygen atoms in total. The fraction of sp³-hybridized carbons (Fsp3) is 0.571. The van der Waals surface area contributed by atoms with E-state index in [1.54, 1.807) is 0 Å². The quantitative estimate of drug-likeness (QED) is 0.871. The lowest BCUT2D eigenvalue weighted by Gasteiger charge is -2.28. The summed E-state index contributed by atoms with van der Waals surface area (Å²) in [4.78, 5) is 4.11.